The Kier molecular flexibility index (Phi) is 15.1. The van der Waals surface area contributed by atoms with Crippen LogP contribution in [0, 0.1) is 25.5 Å². The quantitative estimate of drug-likeness (QED) is 0.126. The van der Waals surface area contributed by atoms with Gasteiger partial charge in [-0.05, 0) is 98.9 Å². The van der Waals surface area contributed by atoms with Gasteiger partial charge in [-0.15, -0.1) is 0 Å². The second-order valence-corrected chi connectivity index (χ2v) is 22.2. The normalized spacial score (nSPS) is 17.1. The van der Waals surface area contributed by atoms with Crippen molar-refractivity contribution in [1.29, 1.82) is 0 Å². The summed E-state index contributed by atoms with van der Waals surface area (Å²) in [5, 5.41) is 18.0. The van der Waals surface area contributed by atoms with Gasteiger partial charge in [-0.25, -0.2) is 38.7 Å². The molecular formula is C59H72F2N16O. The van der Waals surface area contributed by atoms with Crippen LogP contribution in [0.4, 0.5) is 32.3 Å². The number of anilines is 4. The fraction of sp³-hybridized carbons (Fsp3) is 0.441. The molecule has 17 nitrogen and oxygen atoms in total. The Balaban J connectivity index is 0.000000174. The molecule has 12 rings (SSSR count). The van der Waals surface area contributed by atoms with Gasteiger partial charge >= 0.3 is 0 Å². The first-order valence-corrected chi connectivity index (χ1v) is 27.0. The molecule has 0 bridgehead atoms. The van der Waals surface area contributed by atoms with Crippen LogP contribution in [-0.4, -0.2) is 140 Å². The Morgan fingerprint density at radius 1 is 0.577 bits per heavy atom. The first-order valence-electron chi connectivity index (χ1n) is 27.0. The summed E-state index contributed by atoms with van der Waals surface area (Å²) in [7, 11) is 0. The third-order valence-corrected chi connectivity index (χ3v) is 16.0. The van der Waals surface area contributed by atoms with Crippen molar-refractivity contribution in [2.75, 3.05) is 76.1 Å². The summed E-state index contributed by atoms with van der Waals surface area (Å²) >= 11 is 0. The zero-order chi connectivity index (χ0) is 53.8. The Labute approximate surface area is 455 Å². The van der Waals surface area contributed by atoms with Gasteiger partial charge in [-0.1, -0.05) is 55.0 Å². The van der Waals surface area contributed by atoms with E-state index < -0.39 is 11.6 Å². The topological polar surface area (TPSA) is 167 Å². The Bertz CT molecular complexity index is 3480. The molecule has 0 spiro atoms. The standard InChI is InChI=1S/C29H33FN8O.C29H35FN8.CH4/c1-5-36-10-12-37(13-11-36)27(39)19-6-7-23(31-16-19)33-28-32-17-22(30)25(34-28)20-14-18(2)24-21(15-20)26-29(3,4)8-9-38(26)35-24;1-5-36-10-12-37(13-11-36)18-20-6-7-24(31-16-20)33-28-32-17-23(30)26(34-28)21-14-19(2)25-22(15-21)27-29(3,4)8-9-38(27)35-25;/h6-7,14-17H,5,8-13H2,1-4H3,(H,31,32,33,34);6-7,14-17H,5,8-13,18H2,1-4H3,(H,31,32,33,34);1H4. The molecule has 78 heavy (non-hydrogen) atoms. The summed E-state index contributed by atoms with van der Waals surface area (Å²) in [6.07, 6.45) is 7.91. The van der Waals surface area contributed by atoms with E-state index in [0.29, 0.717) is 41.8 Å². The molecule has 2 fully saturated rings. The lowest BCUT2D eigenvalue weighted by molar-refractivity contribution is 0.0643. The van der Waals surface area contributed by atoms with E-state index in [2.05, 4.69) is 112 Å². The highest BCUT2D eigenvalue weighted by molar-refractivity contribution is 5.94. The summed E-state index contributed by atoms with van der Waals surface area (Å²) in [5.41, 5.74) is 9.91. The second-order valence-electron chi connectivity index (χ2n) is 22.2. The van der Waals surface area contributed by atoms with Crippen LogP contribution in [0.25, 0.3) is 44.3 Å². The zero-order valence-corrected chi connectivity index (χ0v) is 45.5. The predicted molar refractivity (Wildman–Crippen MR) is 303 cm³/mol. The average Bonchev–Trinajstić information content (AvgIpc) is 4.22. The van der Waals surface area contributed by atoms with Crippen LogP contribution in [0.1, 0.15) is 100 Å². The number of likely N-dealkylation sites (N-methyl/N-ethyl adjacent to an activating group) is 2. The maximum Gasteiger partial charge on any atom is 0.255 e. The van der Waals surface area contributed by atoms with Gasteiger partial charge < -0.3 is 25.3 Å². The van der Waals surface area contributed by atoms with Crippen molar-refractivity contribution in [3.05, 3.63) is 119 Å². The van der Waals surface area contributed by atoms with Crippen molar-refractivity contribution in [3.8, 4) is 22.5 Å². The minimum atomic E-state index is -0.501. The largest absolute Gasteiger partial charge is 0.336 e. The summed E-state index contributed by atoms with van der Waals surface area (Å²) in [6, 6.07) is 15.4. The van der Waals surface area contributed by atoms with E-state index in [1.54, 1.807) is 18.3 Å². The van der Waals surface area contributed by atoms with Gasteiger partial charge in [0.15, 0.2) is 11.6 Å². The van der Waals surface area contributed by atoms with Crippen LogP contribution in [0.3, 0.4) is 0 Å². The summed E-state index contributed by atoms with van der Waals surface area (Å²) in [6.45, 7) is 29.6. The van der Waals surface area contributed by atoms with Gasteiger partial charge in [0, 0.05) is 117 Å². The Hall–Kier alpha value is -7.35. The number of carbonyl (C=O) groups is 1. The van der Waals surface area contributed by atoms with Gasteiger partial charge in [0.25, 0.3) is 5.91 Å². The molecule has 19 heteroatoms. The number of hydrogen-bond acceptors (Lipinski definition) is 14. The minimum Gasteiger partial charge on any atom is -0.336 e. The summed E-state index contributed by atoms with van der Waals surface area (Å²) < 4.78 is 34.2. The van der Waals surface area contributed by atoms with Gasteiger partial charge in [0.05, 0.1) is 40.4 Å². The highest BCUT2D eigenvalue weighted by Crippen LogP contribution is 2.43. The monoisotopic (exact) mass is 1060 g/mol. The predicted octanol–water partition coefficient (Wildman–Crippen LogP) is 10.1. The Morgan fingerprint density at radius 2 is 1.04 bits per heavy atom. The Morgan fingerprint density at radius 3 is 1.49 bits per heavy atom. The smallest absolute Gasteiger partial charge is 0.255 e. The van der Waals surface area contributed by atoms with Crippen LogP contribution in [0.15, 0.2) is 73.3 Å². The number of carbonyl (C=O) groups excluding carboxylic acids is 1. The molecule has 2 aromatic carbocycles. The first-order chi connectivity index (χ1) is 37.0. The number of hydrogen-bond donors (Lipinski definition) is 2. The first kappa shape index (κ1) is 54.0. The summed E-state index contributed by atoms with van der Waals surface area (Å²) in [5.74, 6) is 0.671. The third-order valence-electron chi connectivity index (χ3n) is 16.0. The van der Waals surface area contributed by atoms with E-state index in [1.807, 2.05) is 55.3 Å². The number of pyridine rings is 2. The van der Waals surface area contributed by atoms with Crippen LogP contribution in [0.5, 0.6) is 0 Å². The number of nitrogens with zero attached hydrogens (tertiary/aromatic N) is 14. The molecule has 8 aromatic rings. The van der Waals surface area contributed by atoms with Gasteiger partial charge in [-0.3, -0.25) is 19.1 Å². The number of amides is 1. The molecule has 4 aliphatic heterocycles. The number of aryl methyl sites for hydroxylation is 4. The van der Waals surface area contributed by atoms with E-state index in [0.717, 1.165) is 123 Å². The minimum absolute atomic E-state index is 0. The van der Waals surface area contributed by atoms with Crippen LogP contribution >= 0.6 is 0 Å². The number of aromatic nitrogens is 10. The highest BCUT2D eigenvalue weighted by Gasteiger charge is 2.36. The van der Waals surface area contributed by atoms with E-state index >= 15 is 8.78 Å². The molecule has 6 aromatic heterocycles. The molecule has 1 amide bonds. The number of halogens is 2. The molecule has 408 valence electrons. The van der Waals surface area contributed by atoms with Crippen molar-refractivity contribution in [3.63, 3.8) is 0 Å². The number of benzene rings is 2. The molecule has 4 aliphatic rings. The molecule has 0 unspecified atom stereocenters. The molecule has 10 heterocycles. The van der Waals surface area contributed by atoms with E-state index in [9.17, 15) is 4.79 Å². The van der Waals surface area contributed by atoms with Crippen LogP contribution in [-0.2, 0) is 30.5 Å². The molecule has 0 saturated carbocycles. The molecule has 2 saturated heterocycles. The number of nitrogens with one attached hydrogen (secondary N) is 2. The van der Waals surface area contributed by atoms with Crippen molar-refractivity contribution >= 4 is 51.2 Å². The van der Waals surface area contributed by atoms with Crippen molar-refractivity contribution in [1.82, 2.24) is 69.1 Å². The number of rotatable bonds is 11. The highest BCUT2D eigenvalue weighted by atomic mass is 19.1. The van der Waals surface area contributed by atoms with Crippen molar-refractivity contribution in [2.24, 2.45) is 0 Å². The number of piperazine rings is 2. The van der Waals surface area contributed by atoms with Crippen molar-refractivity contribution < 1.29 is 13.6 Å². The lowest BCUT2D eigenvalue weighted by Gasteiger charge is -2.34. The van der Waals surface area contributed by atoms with Gasteiger partial charge in [0.1, 0.15) is 23.0 Å². The lowest BCUT2D eigenvalue weighted by Crippen LogP contribution is -2.48. The maximum atomic E-state index is 15.0. The molecule has 0 aliphatic carbocycles. The maximum absolute atomic E-state index is 15.0. The van der Waals surface area contributed by atoms with Crippen LogP contribution in [0.2, 0.25) is 0 Å². The second kappa shape index (κ2) is 21.8. The molecular weight excluding hydrogens is 987 g/mol. The molecule has 0 radical (unpaired) electrons. The van der Waals surface area contributed by atoms with Crippen LogP contribution < -0.4 is 10.6 Å². The fourth-order valence-corrected chi connectivity index (χ4v) is 11.5. The molecule has 0 atom stereocenters. The van der Waals surface area contributed by atoms with Gasteiger partial charge in [0.2, 0.25) is 11.9 Å². The van der Waals surface area contributed by atoms with E-state index in [4.69, 9.17) is 10.2 Å². The average molecular weight is 1060 g/mol. The van der Waals surface area contributed by atoms with E-state index in [-0.39, 0.29) is 41.5 Å². The third kappa shape index (κ3) is 10.8. The van der Waals surface area contributed by atoms with Crippen molar-refractivity contribution in [2.45, 2.75) is 106 Å². The van der Waals surface area contributed by atoms with E-state index in [1.165, 1.54) is 29.3 Å². The van der Waals surface area contributed by atoms with Gasteiger partial charge in [-0.2, -0.15) is 10.2 Å². The summed E-state index contributed by atoms with van der Waals surface area (Å²) in [4.78, 5) is 48.3. The lowest BCUT2D eigenvalue weighted by atomic mass is 9.86. The zero-order valence-electron chi connectivity index (χ0n) is 45.5. The number of fused-ring (bicyclic) bond motifs is 6. The SMILES string of the molecule is C.CCN1CCN(C(=O)c2ccc(Nc3ncc(F)c(-c4cc(C)c5nn6c(c5c4)C(C)(C)CC6)n3)nc2)CC1.CCN1CCN(Cc2ccc(Nc3ncc(F)c(-c4cc(C)c5nn6c(c5c4)C(C)(C)CC6)n3)nc2)CC1. The molecule has 2 N–H and O–H groups in total. The fourth-order valence-electron chi connectivity index (χ4n) is 11.5.